The van der Waals surface area contributed by atoms with E-state index in [1.165, 1.54) is 27.7 Å². The number of nitrogens with one attached hydrogen (secondary N) is 1. The van der Waals surface area contributed by atoms with E-state index < -0.39 is 6.10 Å². The van der Waals surface area contributed by atoms with E-state index >= 15 is 0 Å². The highest BCUT2D eigenvalue weighted by Crippen LogP contribution is 2.44. The second-order valence-electron chi connectivity index (χ2n) is 4.71. The van der Waals surface area contributed by atoms with Crippen LogP contribution in [0.3, 0.4) is 0 Å². The molecule has 3 heterocycles. The van der Waals surface area contributed by atoms with Crippen LogP contribution in [0.15, 0.2) is 17.5 Å². The zero-order chi connectivity index (χ0) is 15.0. The smallest absolute Gasteiger partial charge is 0.127 e. The Hall–Kier alpha value is -0.700. The Morgan fingerprint density at radius 2 is 2.33 bits per heavy atom. The summed E-state index contributed by atoms with van der Waals surface area (Å²) in [5.41, 5.74) is 6.50. The highest BCUT2D eigenvalue weighted by Gasteiger charge is 2.23. The molecule has 3 rings (SSSR count). The second-order valence-corrected chi connectivity index (χ2v) is 7.94. The molecule has 0 bridgehead atoms. The third-order valence-electron chi connectivity index (χ3n) is 3.06. The van der Waals surface area contributed by atoms with Crippen LogP contribution in [0.25, 0.3) is 10.2 Å². The summed E-state index contributed by atoms with van der Waals surface area (Å²) in [4.78, 5) is 1.95. The van der Waals surface area contributed by atoms with E-state index in [9.17, 15) is 5.11 Å². The molecule has 0 fully saturated rings. The first kappa shape index (κ1) is 15.2. The lowest BCUT2D eigenvalue weighted by Gasteiger charge is -2.12. The third kappa shape index (κ3) is 2.94. The van der Waals surface area contributed by atoms with Crippen molar-refractivity contribution in [2.75, 3.05) is 5.32 Å². The van der Waals surface area contributed by atoms with Crippen LogP contribution in [0.1, 0.15) is 22.8 Å². The van der Waals surface area contributed by atoms with Gasteiger partial charge in [0, 0.05) is 10.9 Å². The van der Waals surface area contributed by atoms with Gasteiger partial charge in [0.25, 0.3) is 0 Å². The molecule has 3 aromatic heterocycles. The Balaban J connectivity index is 1.89. The molecule has 0 aliphatic rings. The van der Waals surface area contributed by atoms with E-state index in [0.29, 0.717) is 9.90 Å². The number of aromatic nitrogens is 1. The number of nitrogens with zero attached hydrogens (tertiary/aromatic N) is 1. The van der Waals surface area contributed by atoms with Crippen LogP contribution in [0, 0.1) is 0 Å². The van der Waals surface area contributed by atoms with E-state index in [4.69, 9.17) is 17.3 Å². The number of hydrogen-bond acceptors (Lipinski definition) is 7. The number of fused-ring (bicyclic) bond motifs is 1. The van der Waals surface area contributed by atoms with Gasteiger partial charge in [-0.3, -0.25) is 0 Å². The van der Waals surface area contributed by atoms with Crippen molar-refractivity contribution in [3.05, 3.63) is 32.3 Å². The molecular weight excluding hydrogens is 346 g/mol. The molecule has 0 amide bonds. The van der Waals surface area contributed by atoms with Crippen molar-refractivity contribution >= 4 is 61.0 Å². The molecule has 0 saturated carbocycles. The number of nitrogens with two attached hydrogens (primary N) is 1. The lowest BCUT2D eigenvalue weighted by atomic mass is 10.1. The van der Waals surface area contributed by atoms with Crippen molar-refractivity contribution in [3.8, 4) is 0 Å². The van der Waals surface area contributed by atoms with Gasteiger partial charge in [-0.05, 0) is 29.9 Å². The molecule has 0 saturated heterocycles. The van der Waals surface area contributed by atoms with Gasteiger partial charge in [-0.1, -0.05) is 17.7 Å². The lowest BCUT2D eigenvalue weighted by molar-refractivity contribution is 0.157. The highest BCUT2D eigenvalue weighted by atomic mass is 35.5. The van der Waals surface area contributed by atoms with Crippen molar-refractivity contribution in [2.45, 2.75) is 25.6 Å². The first-order chi connectivity index (χ1) is 10.1. The molecule has 4 N–H and O–H groups in total. The van der Waals surface area contributed by atoms with Crippen LogP contribution in [0.5, 0.6) is 0 Å². The zero-order valence-electron chi connectivity index (χ0n) is 11.2. The molecule has 112 valence electrons. The summed E-state index contributed by atoms with van der Waals surface area (Å²) in [5, 5.41) is 17.1. The summed E-state index contributed by atoms with van der Waals surface area (Å²) in [6, 6.07) is 3.75. The maximum atomic E-state index is 10.1. The van der Waals surface area contributed by atoms with E-state index in [0.717, 1.165) is 21.8 Å². The maximum Gasteiger partial charge on any atom is 0.127 e. The van der Waals surface area contributed by atoms with Gasteiger partial charge in [0.1, 0.15) is 16.6 Å². The van der Waals surface area contributed by atoms with Crippen LogP contribution < -0.4 is 11.1 Å². The Morgan fingerprint density at radius 1 is 1.52 bits per heavy atom. The minimum Gasteiger partial charge on any atom is -0.386 e. The lowest BCUT2D eigenvalue weighted by Crippen LogP contribution is -2.23. The minimum atomic E-state index is -0.758. The van der Waals surface area contributed by atoms with Gasteiger partial charge in [0.15, 0.2) is 0 Å². The molecule has 4 nitrogen and oxygen atoms in total. The molecule has 2 atom stereocenters. The molecule has 3 aromatic rings. The van der Waals surface area contributed by atoms with Gasteiger partial charge in [-0.25, -0.2) is 0 Å². The van der Waals surface area contributed by atoms with Crippen molar-refractivity contribution in [2.24, 2.45) is 5.73 Å². The Morgan fingerprint density at radius 3 is 3.00 bits per heavy atom. The highest BCUT2D eigenvalue weighted by molar-refractivity contribution is 7.25. The fraction of sp³-hybridized carbons (Fsp3) is 0.308. The molecule has 1 unspecified atom stereocenters. The average molecular weight is 360 g/mol. The second kappa shape index (κ2) is 6.20. The van der Waals surface area contributed by atoms with Crippen LogP contribution in [-0.2, 0) is 6.54 Å². The normalized spacial score (nSPS) is 14.5. The number of rotatable bonds is 5. The number of anilines is 1. The first-order valence-electron chi connectivity index (χ1n) is 6.35. The predicted octanol–water partition coefficient (Wildman–Crippen LogP) is 4.07. The van der Waals surface area contributed by atoms with E-state index in [-0.39, 0.29) is 6.04 Å². The number of thiophene rings is 2. The number of halogens is 1. The standard InChI is InChI=1S/C13H14ClN3OS3/c1-6(15)10(18)11-8(14)9-12(20-11)13(21-17-9)16-5-7-3-2-4-19-7/h2-4,6,10,16,18H,5,15H2,1H3/t6-,10?/m0/s1. The minimum absolute atomic E-state index is 0.364. The van der Waals surface area contributed by atoms with Gasteiger partial charge < -0.3 is 16.2 Å². The fourth-order valence-electron chi connectivity index (χ4n) is 1.91. The molecular formula is C13H14ClN3OS3. The van der Waals surface area contributed by atoms with Gasteiger partial charge in [-0.2, -0.15) is 4.37 Å². The van der Waals surface area contributed by atoms with E-state index in [1.54, 1.807) is 18.3 Å². The summed E-state index contributed by atoms with van der Waals surface area (Å²) in [6.07, 6.45) is -0.758. The fourth-order valence-corrected chi connectivity index (χ4v) is 5.15. The Kier molecular flexibility index (Phi) is 4.49. The van der Waals surface area contributed by atoms with Gasteiger partial charge >= 0.3 is 0 Å². The predicted molar refractivity (Wildman–Crippen MR) is 92.8 cm³/mol. The van der Waals surface area contributed by atoms with E-state index in [2.05, 4.69) is 21.1 Å². The molecule has 8 heteroatoms. The van der Waals surface area contributed by atoms with Crippen LogP contribution in [0.4, 0.5) is 5.00 Å². The summed E-state index contributed by atoms with van der Waals surface area (Å²) < 4.78 is 5.37. The Labute approximate surface area is 139 Å². The van der Waals surface area contributed by atoms with Gasteiger partial charge in [0.2, 0.25) is 0 Å². The van der Waals surface area contributed by atoms with Crippen LogP contribution >= 0.6 is 45.8 Å². The average Bonchev–Trinajstić information content (AvgIpc) is 3.15. The molecule has 0 aromatic carbocycles. The molecule has 0 aliphatic heterocycles. The largest absolute Gasteiger partial charge is 0.386 e. The van der Waals surface area contributed by atoms with E-state index in [1.807, 2.05) is 6.07 Å². The monoisotopic (exact) mass is 359 g/mol. The van der Waals surface area contributed by atoms with Crippen molar-refractivity contribution in [1.29, 1.82) is 0 Å². The molecule has 0 spiro atoms. The van der Waals surface area contributed by atoms with Crippen molar-refractivity contribution < 1.29 is 5.11 Å². The SMILES string of the molecule is C[C@H](N)C(O)c1sc2c(NCc3cccs3)snc2c1Cl. The van der Waals surface area contributed by atoms with Gasteiger partial charge in [-0.15, -0.1) is 22.7 Å². The number of aliphatic hydroxyl groups is 1. The van der Waals surface area contributed by atoms with Crippen molar-refractivity contribution in [1.82, 2.24) is 4.37 Å². The number of aliphatic hydroxyl groups excluding tert-OH is 1. The molecule has 0 radical (unpaired) electrons. The summed E-state index contributed by atoms with van der Waals surface area (Å²) in [6.45, 7) is 2.52. The third-order valence-corrected chi connectivity index (χ3v) is 6.63. The summed E-state index contributed by atoms with van der Waals surface area (Å²) in [7, 11) is 0. The molecule has 0 aliphatic carbocycles. The molecule has 21 heavy (non-hydrogen) atoms. The van der Waals surface area contributed by atoms with Gasteiger partial charge in [0.05, 0.1) is 21.1 Å². The topological polar surface area (TPSA) is 71.2 Å². The van der Waals surface area contributed by atoms with Crippen LogP contribution in [-0.4, -0.2) is 15.5 Å². The van der Waals surface area contributed by atoms with Crippen molar-refractivity contribution in [3.63, 3.8) is 0 Å². The summed E-state index contributed by atoms with van der Waals surface area (Å²) >= 11 is 10.9. The number of hydrogen-bond donors (Lipinski definition) is 3. The van der Waals surface area contributed by atoms with Crippen LogP contribution in [0.2, 0.25) is 5.02 Å². The maximum absolute atomic E-state index is 10.1. The first-order valence-corrected chi connectivity index (χ1v) is 9.20. The quantitative estimate of drug-likeness (QED) is 0.642. The summed E-state index contributed by atoms with van der Waals surface area (Å²) in [5.74, 6) is 0. The zero-order valence-corrected chi connectivity index (χ0v) is 14.4. The Bertz CT molecular complexity index is 735.